The van der Waals surface area contributed by atoms with Gasteiger partial charge in [0.15, 0.2) is 5.54 Å². The van der Waals surface area contributed by atoms with E-state index in [2.05, 4.69) is 5.32 Å². The summed E-state index contributed by atoms with van der Waals surface area (Å²) in [4.78, 5) is 24.8. The lowest BCUT2D eigenvalue weighted by Gasteiger charge is -2.29. The minimum atomic E-state index is -1.79. The van der Waals surface area contributed by atoms with Crippen LogP contribution in [0, 0.1) is 5.82 Å². The van der Waals surface area contributed by atoms with Crippen molar-refractivity contribution in [3.63, 3.8) is 0 Å². The Morgan fingerprint density at radius 3 is 2.16 bits per heavy atom. The number of carboxylic acid groups (broad SMARTS) is 1. The van der Waals surface area contributed by atoms with Gasteiger partial charge in [0, 0.05) is 5.92 Å². The van der Waals surface area contributed by atoms with Gasteiger partial charge in [0.05, 0.1) is 0 Å². The van der Waals surface area contributed by atoms with Gasteiger partial charge in [-0.1, -0.05) is 67.6 Å². The number of nitrogens with one attached hydrogen (secondary N) is 1. The molecule has 5 nitrogen and oxygen atoms in total. The number of ether oxygens (including phenoxy) is 1. The fourth-order valence-corrected chi connectivity index (χ4v) is 4.26. The second kappa shape index (κ2) is 8.22. The lowest BCUT2D eigenvalue weighted by atomic mass is 9.87. The molecular weight excluding hydrogens is 397 g/mol. The number of amides is 1. The van der Waals surface area contributed by atoms with Crippen LogP contribution in [0.1, 0.15) is 36.0 Å². The number of hydrogen-bond donors (Lipinski definition) is 2. The predicted octanol–water partition coefficient (Wildman–Crippen LogP) is 5.05. The van der Waals surface area contributed by atoms with Gasteiger partial charge in [-0.05, 0) is 46.4 Å². The Bertz CT molecular complexity index is 1100. The molecule has 4 rings (SSSR count). The molecule has 6 heteroatoms. The average Bonchev–Trinajstić information content (AvgIpc) is 3.09. The van der Waals surface area contributed by atoms with E-state index in [-0.39, 0.29) is 24.5 Å². The number of hydrogen-bond acceptors (Lipinski definition) is 3. The van der Waals surface area contributed by atoms with E-state index in [4.69, 9.17) is 4.74 Å². The summed E-state index contributed by atoms with van der Waals surface area (Å²) >= 11 is 0. The number of alkyl carbamates (subject to hydrolysis) is 1. The molecule has 1 unspecified atom stereocenters. The van der Waals surface area contributed by atoms with Gasteiger partial charge in [-0.2, -0.15) is 0 Å². The number of benzene rings is 3. The third kappa shape index (κ3) is 3.65. The van der Waals surface area contributed by atoms with Crippen LogP contribution >= 0.6 is 0 Å². The van der Waals surface area contributed by atoms with Gasteiger partial charge < -0.3 is 15.2 Å². The molecule has 1 amide bonds. The Morgan fingerprint density at radius 2 is 1.61 bits per heavy atom. The number of aliphatic carboxylic acids is 1. The topological polar surface area (TPSA) is 75.6 Å². The molecular formula is C25H22FNO4. The van der Waals surface area contributed by atoms with Crippen molar-refractivity contribution in [2.45, 2.75) is 24.8 Å². The Hall–Kier alpha value is -3.67. The van der Waals surface area contributed by atoms with Gasteiger partial charge >= 0.3 is 12.1 Å². The van der Waals surface area contributed by atoms with E-state index in [1.165, 1.54) is 18.2 Å². The zero-order valence-corrected chi connectivity index (χ0v) is 17.0. The largest absolute Gasteiger partial charge is 0.479 e. The summed E-state index contributed by atoms with van der Waals surface area (Å²) in [5.74, 6) is -2.01. The van der Waals surface area contributed by atoms with E-state index in [1.54, 1.807) is 6.92 Å². The number of fused-ring (bicyclic) bond motifs is 3. The first-order valence-electron chi connectivity index (χ1n) is 10.1. The maximum atomic E-state index is 13.7. The van der Waals surface area contributed by atoms with Crippen molar-refractivity contribution in [3.8, 4) is 11.1 Å². The Balaban J connectivity index is 1.55. The molecule has 158 valence electrons. The predicted molar refractivity (Wildman–Crippen MR) is 114 cm³/mol. The van der Waals surface area contributed by atoms with Crippen molar-refractivity contribution in [2.75, 3.05) is 6.61 Å². The Kier molecular flexibility index (Phi) is 5.46. The number of carbonyl (C=O) groups excluding carboxylic acids is 1. The van der Waals surface area contributed by atoms with Gasteiger partial charge in [-0.25, -0.2) is 14.0 Å². The van der Waals surface area contributed by atoms with Crippen LogP contribution in [0.25, 0.3) is 11.1 Å². The van der Waals surface area contributed by atoms with Gasteiger partial charge in [-0.3, -0.25) is 0 Å². The van der Waals surface area contributed by atoms with Gasteiger partial charge in [0.25, 0.3) is 0 Å². The van der Waals surface area contributed by atoms with E-state index >= 15 is 0 Å². The van der Waals surface area contributed by atoms with Crippen molar-refractivity contribution in [2.24, 2.45) is 0 Å². The van der Waals surface area contributed by atoms with Crippen LogP contribution in [-0.4, -0.2) is 23.8 Å². The highest BCUT2D eigenvalue weighted by Crippen LogP contribution is 2.44. The van der Waals surface area contributed by atoms with Gasteiger partial charge in [-0.15, -0.1) is 0 Å². The number of carboxylic acids is 1. The molecule has 0 heterocycles. The van der Waals surface area contributed by atoms with Crippen molar-refractivity contribution in [1.29, 1.82) is 0 Å². The second-order valence-corrected chi connectivity index (χ2v) is 7.52. The first-order valence-corrected chi connectivity index (χ1v) is 10.1. The molecule has 0 radical (unpaired) electrons. The summed E-state index contributed by atoms with van der Waals surface area (Å²) in [5.41, 5.74) is 2.67. The summed E-state index contributed by atoms with van der Waals surface area (Å²) < 4.78 is 19.2. The van der Waals surface area contributed by atoms with Crippen molar-refractivity contribution in [1.82, 2.24) is 5.32 Å². The van der Waals surface area contributed by atoms with E-state index in [1.807, 2.05) is 48.5 Å². The smallest absolute Gasteiger partial charge is 0.408 e. The highest BCUT2D eigenvalue weighted by atomic mass is 19.1. The minimum absolute atomic E-state index is 0.0238. The van der Waals surface area contributed by atoms with Gasteiger partial charge in [0.2, 0.25) is 0 Å². The molecule has 0 saturated heterocycles. The highest BCUT2D eigenvalue weighted by molar-refractivity contribution is 5.86. The normalized spacial score (nSPS) is 14.3. The quantitative estimate of drug-likeness (QED) is 0.586. The third-order valence-corrected chi connectivity index (χ3v) is 5.87. The van der Waals surface area contributed by atoms with Crippen LogP contribution in [0.2, 0.25) is 0 Å². The van der Waals surface area contributed by atoms with Gasteiger partial charge in [0.1, 0.15) is 12.4 Å². The third-order valence-electron chi connectivity index (χ3n) is 5.87. The lowest BCUT2D eigenvalue weighted by molar-refractivity contribution is -0.145. The SMILES string of the molecule is CCC(NC(=O)OCC1c2ccccc2-c2ccccc21)(C(=O)O)c1cccc(F)c1. The van der Waals surface area contributed by atoms with Crippen LogP contribution in [0.5, 0.6) is 0 Å². The molecule has 0 spiro atoms. The first-order chi connectivity index (χ1) is 15.0. The molecule has 3 aromatic rings. The molecule has 0 fully saturated rings. The van der Waals surface area contributed by atoms with E-state index in [0.717, 1.165) is 28.3 Å². The van der Waals surface area contributed by atoms with E-state index in [9.17, 15) is 19.1 Å². The van der Waals surface area contributed by atoms with Crippen LogP contribution in [-0.2, 0) is 15.1 Å². The second-order valence-electron chi connectivity index (χ2n) is 7.52. The van der Waals surface area contributed by atoms with Crippen molar-refractivity contribution >= 4 is 12.1 Å². The average molecular weight is 419 g/mol. The van der Waals surface area contributed by atoms with Crippen LogP contribution in [0.4, 0.5) is 9.18 Å². The fraction of sp³-hybridized carbons (Fsp3) is 0.200. The Morgan fingerprint density at radius 1 is 1.00 bits per heavy atom. The zero-order valence-electron chi connectivity index (χ0n) is 17.0. The van der Waals surface area contributed by atoms with Crippen LogP contribution in [0.3, 0.4) is 0 Å². The molecule has 0 aliphatic heterocycles. The highest BCUT2D eigenvalue weighted by Gasteiger charge is 2.41. The summed E-state index contributed by atoms with van der Waals surface area (Å²) in [5, 5.41) is 12.3. The Labute approximate surface area is 179 Å². The maximum absolute atomic E-state index is 13.7. The number of rotatable bonds is 6. The number of carbonyl (C=O) groups is 2. The van der Waals surface area contributed by atoms with Crippen molar-refractivity contribution < 1.29 is 23.8 Å². The maximum Gasteiger partial charge on any atom is 0.408 e. The zero-order chi connectivity index (χ0) is 22.0. The lowest BCUT2D eigenvalue weighted by Crippen LogP contribution is -2.51. The minimum Gasteiger partial charge on any atom is -0.479 e. The van der Waals surface area contributed by atoms with Crippen LogP contribution in [0.15, 0.2) is 72.8 Å². The molecule has 1 aliphatic rings. The van der Waals surface area contributed by atoms with Crippen molar-refractivity contribution in [3.05, 3.63) is 95.3 Å². The number of halogens is 1. The monoisotopic (exact) mass is 419 g/mol. The fourth-order valence-electron chi connectivity index (χ4n) is 4.26. The molecule has 2 N–H and O–H groups in total. The summed E-state index contributed by atoms with van der Waals surface area (Å²) in [7, 11) is 0. The molecule has 1 aliphatic carbocycles. The van der Waals surface area contributed by atoms with E-state index in [0.29, 0.717) is 0 Å². The molecule has 31 heavy (non-hydrogen) atoms. The van der Waals surface area contributed by atoms with Crippen LogP contribution < -0.4 is 5.32 Å². The summed E-state index contributed by atoms with van der Waals surface area (Å²) in [6.45, 7) is 1.67. The summed E-state index contributed by atoms with van der Waals surface area (Å²) in [6, 6.07) is 21.1. The summed E-state index contributed by atoms with van der Waals surface area (Å²) in [6.07, 6.45) is -0.842. The molecule has 3 aromatic carbocycles. The molecule has 0 bridgehead atoms. The molecule has 0 saturated carbocycles. The first kappa shape index (κ1) is 20.6. The van der Waals surface area contributed by atoms with E-state index < -0.39 is 23.4 Å². The standard InChI is InChI=1S/C25H22FNO4/c1-2-25(23(28)29,16-8-7-9-17(26)14-16)27-24(30)31-15-22-20-12-5-3-10-18(20)19-11-4-6-13-21(19)22/h3-14,22H,2,15H2,1H3,(H,27,30)(H,28,29). The molecule has 0 aromatic heterocycles. The molecule has 1 atom stereocenters.